The number of nitrogens with one attached hydrogen (secondary N) is 1. The number of hydrogen-bond acceptors (Lipinski definition) is 3. The van der Waals surface area contributed by atoms with Gasteiger partial charge in [-0.2, -0.15) is 5.26 Å². The molecule has 0 amide bonds. The first-order valence-electron chi connectivity index (χ1n) is 5.34. The van der Waals surface area contributed by atoms with Gasteiger partial charge in [-0.1, -0.05) is 37.3 Å². The second-order valence-electron chi connectivity index (χ2n) is 3.19. The molecule has 0 aliphatic heterocycles. The fraction of sp³-hybridized carbons (Fsp3) is 0.308. The molecule has 84 valence electrons. The van der Waals surface area contributed by atoms with Crippen LogP contribution in [0.2, 0.25) is 0 Å². The first kappa shape index (κ1) is 12.3. The lowest BCUT2D eigenvalue weighted by atomic mass is 10.2. The molecular formula is C13H16N2O. The molecule has 1 N–H and O–H groups in total. The lowest BCUT2D eigenvalue weighted by Gasteiger charge is -2.05. The molecule has 0 aliphatic rings. The summed E-state index contributed by atoms with van der Waals surface area (Å²) in [5.74, 6) is 0.747. The summed E-state index contributed by atoms with van der Waals surface area (Å²) in [6, 6.07) is 9.64. The first-order valence-corrected chi connectivity index (χ1v) is 5.34. The van der Waals surface area contributed by atoms with Crippen molar-refractivity contribution in [3.8, 4) is 11.8 Å². The molecule has 3 nitrogen and oxygen atoms in total. The van der Waals surface area contributed by atoms with Crippen molar-refractivity contribution in [3.05, 3.63) is 35.9 Å². The number of hydrogen-bond donors (Lipinski definition) is 1. The zero-order valence-electron chi connectivity index (χ0n) is 9.44. The lowest BCUT2D eigenvalue weighted by molar-refractivity contribution is 0.367. The highest BCUT2D eigenvalue weighted by molar-refractivity contribution is 5.57. The van der Waals surface area contributed by atoms with Gasteiger partial charge in [-0.15, -0.1) is 0 Å². The molecule has 16 heavy (non-hydrogen) atoms. The van der Waals surface area contributed by atoms with E-state index in [1.165, 1.54) is 0 Å². The molecule has 1 aromatic carbocycles. The zero-order valence-corrected chi connectivity index (χ0v) is 9.44. The lowest BCUT2D eigenvalue weighted by Crippen LogP contribution is -2.11. The van der Waals surface area contributed by atoms with Crippen molar-refractivity contribution in [2.45, 2.75) is 6.92 Å². The van der Waals surface area contributed by atoms with Gasteiger partial charge in [0.25, 0.3) is 0 Å². The van der Waals surface area contributed by atoms with Crippen LogP contribution in [-0.4, -0.2) is 19.7 Å². The number of para-hydroxylation sites is 1. The minimum absolute atomic E-state index is 0.0814. The van der Waals surface area contributed by atoms with Gasteiger partial charge in [-0.25, -0.2) is 0 Å². The van der Waals surface area contributed by atoms with Crippen LogP contribution in [0.3, 0.4) is 0 Å². The average Bonchev–Trinajstić information content (AvgIpc) is 2.33. The summed E-state index contributed by atoms with van der Waals surface area (Å²) in [7, 11) is 0. The molecule has 1 rings (SSSR count). The van der Waals surface area contributed by atoms with Gasteiger partial charge in [-0.05, 0) is 12.6 Å². The van der Waals surface area contributed by atoms with E-state index in [9.17, 15) is 0 Å². The van der Waals surface area contributed by atoms with Gasteiger partial charge in [0.05, 0.1) is 0 Å². The molecule has 0 atom stereocenters. The van der Waals surface area contributed by atoms with Crippen LogP contribution in [0.25, 0.3) is 6.08 Å². The summed E-state index contributed by atoms with van der Waals surface area (Å²) >= 11 is 0. The molecule has 0 bridgehead atoms. The van der Waals surface area contributed by atoms with Crippen molar-refractivity contribution in [1.29, 1.82) is 5.26 Å². The minimum atomic E-state index is 0.0814. The van der Waals surface area contributed by atoms with Gasteiger partial charge in [0.1, 0.15) is 11.8 Å². The summed E-state index contributed by atoms with van der Waals surface area (Å²) in [4.78, 5) is 0. The van der Waals surface area contributed by atoms with E-state index in [1.54, 1.807) is 0 Å². The molecule has 0 aliphatic carbocycles. The molecule has 0 heterocycles. The summed E-state index contributed by atoms with van der Waals surface area (Å²) in [5.41, 5.74) is 0.996. The topological polar surface area (TPSA) is 45.0 Å². The number of rotatable bonds is 6. The number of benzene rings is 1. The third-order valence-corrected chi connectivity index (χ3v) is 2.02. The van der Waals surface area contributed by atoms with Gasteiger partial charge in [0.2, 0.25) is 0 Å². The molecule has 0 spiro atoms. The molecule has 0 saturated heterocycles. The normalized spacial score (nSPS) is 10.2. The maximum absolute atomic E-state index is 8.46. The summed E-state index contributed by atoms with van der Waals surface area (Å²) < 4.78 is 5.31. The van der Waals surface area contributed by atoms with Gasteiger partial charge in [-0.3, -0.25) is 0 Å². The first-order chi connectivity index (χ1) is 7.88. The van der Waals surface area contributed by atoms with Gasteiger partial charge in [0, 0.05) is 12.1 Å². The van der Waals surface area contributed by atoms with Gasteiger partial charge in [0.15, 0.2) is 6.61 Å². The van der Waals surface area contributed by atoms with E-state index in [0.717, 1.165) is 24.4 Å². The molecule has 0 aromatic heterocycles. The van der Waals surface area contributed by atoms with E-state index in [2.05, 4.69) is 12.2 Å². The Morgan fingerprint density at radius 1 is 1.44 bits per heavy atom. The Kier molecular flexibility index (Phi) is 5.75. The Morgan fingerprint density at radius 3 is 3.00 bits per heavy atom. The fourth-order valence-corrected chi connectivity index (χ4v) is 1.27. The maximum Gasteiger partial charge on any atom is 0.174 e. The smallest absolute Gasteiger partial charge is 0.174 e. The molecule has 3 heteroatoms. The van der Waals surface area contributed by atoms with E-state index < -0.39 is 0 Å². The monoisotopic (exact) mass is 216 g/mol. The van der Waals surface area contributed by atoms with E-state index in [-0.39, 0.29) is 6.61 Å². The van der Waals surface area contributed by atoms with Gasteiger partial charge >= 0.3 is 0 Å². The predicted molar refractivity (Wildman–Crippen MR) is 65.1 cm³/mol. The van der Waals surface area contributed by atoms with Crippen LogP contribution >= 0.6 is 0 Å². The second kappa shape index (κ2) is 7.49. The van der Waals surface area contributed by atoms with Crippen molar-refractivity contribution < 1.29 is 4.74 Å². The van der Waals surface area contributed by atoms with Crippen molar-refractivity contribution in [1.82, 2.24) is 5.32 Å². The number of nitrogens with zero attached hydrogens (tertiary/aromatic N) is 1. The molecule has 0 fully saturated rings. The van der Waals surface area contributed by atoms with E-state index in [4.69, 9.17) is 10.00 Å². The zero-order chi connectivity index (χ0) is 11.6. The Balaban J connectivity index is 2.63. The average molecular weight is 216 g/mol. The van der Waals surface area contributed by atoms with Crippen LogP contribution in [0, 0.1) is 11.3 Å². The Bertz CT molecular complexity index is 380. The summed E-state index contributed by atoms with van der Waals surface area (Å²) in [6.45, 7) is 3.94. The highest BCUT2D eigenvalue weighted by atomic mass is 16.5. The van der Waals surface area contributed by atoms with Crippen LogP contribution < -0.4 is 10.1 Å². The SMILES string of the molecule is CCNCC=Cc1ccccc1OCC#N. The Morgan fingerprint density at radius 2 is 2.25 bits per heavy atom. The second-order valence-corrected chi connectivity index (χ2v) is 3.19. The van der Waals surface area contributed by atoms with E-state index >= 15 is 0 Å². The predicted octanol–water partition coefficient (Wildman–Crippen LogP) is 2.21. The van der Waals surface area contributed by atoms with Crippen LogP contribution in [-0.2, 0) is 0 Å². The Hall–Kier alpha value is -1.79. The van der Waals surface area contributed by atoms with Crippen molar-refractivity contribution >= 4 is 6.08 Å². The van der Waals surface area contributed by atoms with Gasteiger partial charge < -0.3 is 10.1 Å². The van der Waals surface area contributed by atoms with Crippen LogP contribution in [0.5, 0.6) is 5.75 Å². The van der Waals surface area contributed by atoms with E-state index in [0.29, 0.717) is 0 Å². The molecule has 0 unspecified atom stereocenters. The summed E-state index contributed by atoms with van der Waals surface area (Å²) in [6.07, 6.45) is 4.04. The largest absolute Gasteiger partial charge is 0.478 e. The molecule has 0 radical (unpaired) electrons. The fourth-order valence-electron chi connectivity index (χ4n) is 1.27. The Labute approximate surface area is 96.4 Å². The third-order valence-electron chi connectivity index (χ3n) is 2.02. The maximum atomic E-state index is 8.46. The third kappa shape index (κ3) is 4.16. The van der Waals surface area contributed by atoms with Crippen molar-refractivity contribution in [2.24, 2.45) is 0 Å². The van der Waals surface area contributed by atoms with E-state index in [1.807, 2.05) is 42.5 Å². The quantitative estimate of drug-likeness (QED) is 0.741. The van der Waals surface area contributed by atoms with Crippen LogP contribution in [0.15, 0.2) is 30.3 Å². The highest BCUT2D eigenvalue weighted by Gasteiger charge is 1.97. The number of likely N-dealkylation sites (N-methyl/N-ethyl adjacent to an activating group) is 1. The molecule has 0 saturated carbocycles. The standard InChI is InChI=1S/C13H16N2O/c1-2-15-10-5-7-12-6-3-4-8-13(12)16-11-9-14/h3-8,15H,2,10-11H2,1H3. The minimum Gasteiger partial charge on any atom is -0.478 e. The summed E-state index contributed by atoms with van der Waals surface area (Å²) in [5, 5.41) is 11.7. The van der Waals surface area contributed by atoms with Crippen LogP contribution in [0.4, 0.5) is 0 Å². The highest BCUT2D eigenvalue weighted by Crippen LogP contribution is 2.18. The molecule has 1 aromatic rings. The number of ether oxygens (including phenoxy) is 1. The van der Waals surface area contributed by atoms with Crippen molar-refractivity contribution in [3.63, 3.8) is 0 Å². The number of nitriles is 1. The van der Waals surface area contributed by atoms with Crippen LogP contribution in [0.1, 0.15) is 12.5 Å². The molecular weight excluding hydrogens is 200 g/mol. The van der Waals surface area contributed by atoms with Crippen molar-refractivity contribution in [2.75, 3.05) is 19.7 Å².